The molecular formula is C8H17BN2O4. The number of aliphatic hydroxyl groups is 1. The third kappa shape index (κ3) is 6.31. The van der Waals surface area contributed by atoms with Crippen molar-refractivity contribution in [1.82, 2.24) is 5.32 Å². The Bertz CT molecular complexity index is 214. The summed E-state index contributed by atoms with van der Waals surface area (Å²) in [6.07, 6.45) is 1.09. The Balaban J connectivity index is 4.12. The van der Waals surface area contributed by atoms with E-state index in [4.69, 9.17) is 19.7 Å². The van der Waals surface area contributed by atoms with Crippen molar-refractivity contribution in [2.24, 2.45) is 5.41 Å². The van der Waals surface area contributed by atoms with Crippen LogP contribution < -0.4 is 5.32 Å². The molecule has 0 aromatic heterocycles. The molecule has 0 heterocycles. The third-order valence-electron chi connectivity index (χ3n) is 1.59. The Hall–Kier alpha value is -0.805. The van der Waals surface area contributed by atoms with Crippen LogP contribution in [0.3, 0.4) is 0 Å². The summed E-state index contributed by atoms with van der Waals surface area (Å²) in [5.41, 5.74) is -0.362. The molecule has 0 saturated carbocycles. The number of nitriles is 1. The average molecular weight is 216 g/mol. The minimum atomic E-state index is -1.46. The second-order valence-corrected chi connectivity index (χ2v) is 4.04. The van der Waals surface area contributed by atoms with E-state index < -0.39 is 13.5 Å². The zero-order valence-corrected chi connectivity index (χ0v) is 9.23. The zero-order chi connectivity index (χ0) is 11.9. The quantitative estimate of drug-likeness (QED) is 0.238. The summed E-state index contributed by atoms with van der Waals surface area (Å²) >= 11 is 0. The topological polar surface area (TPSA) is 94.7 Å². The molecule has 0 amide bonds. The summed E-state index contributed by atoms with van der Waals surface area (Å²) in [4.78, 5) is 0. The summed E-state index contributed by atoms with van der Waals surface area (Å²) in [6, 6.07) is 0. The van der Waals surface area contributed by atoms with Crippen LogP contribution in [0.2, 0.25) is 0 Å². The number of hydrogen-bond acceptors (Lipinski definition) is 6. The van der Waals surface area contributed by atoms with Crippen LogP contribution in [0.25, 0.3) is 0 Å². The molecule has 0 aliphatic carbocycles. The van der Waals surface area contributed by atoms with Crippen LogP contribution in [0.5, 0.6) is 0 Å². The van der Waals surface area contributed by atoms with E-state index in [2.05, 4.69) is 5.32 Å². The lowest BCUT2D eigenvalue weighted by molar-refractivity contribution is 0.00898. The maximum absolute atomic E-state index is 9.24. The van der Waals surface area contributed by atoms with Crippen molar-refractivity contribution in [3.05, 3.63) is 0 Å². The number of nitrogens with one attached hydrogen (secondary N) is 1. The lowest BCUT2D eigenvalue weighted by Crippen LogP contribution is -2.45. The van der Waals surface area contributed by atoms with Gasteiger partial charge in [0.15, 0.2) is 6.19 Å². The summed E-state index contributed by atoms with van der Waals surface area (Å²) in [5, 5.41) is 28.6. The maximum atomic E-state index is 9.24. The van der Waals surface area contributed by atoms with E-state index in [9.17, 15) is 5.02 Å². The predicted octanol–water partition coefficient (Wildman–Crippen LogP) is -0.568. The fourth-order valence-corrected chi connectivity index (χ4v) is 0.822. The molecule has 0 rings (SSSR count). The van der Waals surface area contributed by atoms with E-state index in [1.807, 2.05) is 20.8 Å². The van der Waals surface area contributed by atoms with Crippen LogP contribution in [0.4, 0.5) is 0 Å². The lowest BCUT2D eigenvalue weighted by atomic mass is 9.93. The van der Waals surface area contributed by atoms with Crippen molar-refractivity contribution < 1.29 is 19.4 Å². The molecule has 7 heteroatoms. The third-order valence-corrected chi connectivity index (χ3v) is 1.59. The molecule has 0 aromatic carbocycles. The SMILES string of the molecule is CC(C)(C)C(NC#N)OB(O)OCCO. The van der Waals surface area contributed by atoms with E-state index >= 15 is 0 Å². The van der Waals surface area contributed by atoms with Crippen molar-refractivity contribution in [3.8, 4) is 6.19 Å². The van der Waals surface area contributed by atoms with E-state index in [1.165, 1.54) is 0 Å². The van der Waals surface area contributed by atoms with Crippen LogP contribution in [0.1, 0.15) is 20.8 Å². The minimum absolute atomic E-state index is 0.0232. The number of nitrogens with zero attached hydrogens (tertiary/aromatic N) is 1. The van der Waals surface area contributed by atoms with Gasteiger partial charge in [0, 0.05) is 5.41 Å². The highest BCUT2D eigenvalue weighted by molar-refractivity contribution is 6.34. The Morgan fingerprint density at radius 3 is 2.53 bits per heavy atom. The first-order valence-electron chi connectivity index (χ1n) is 4.62. The largest absolute Gasteiger partial charge is 0.638 e. The van der Waals surface area contributed by atoms with Crippen LogP contribution in [0.15, 0.2) is 0 Å². The van der Waals surface area contributed by atoms with E-state index in [1.54, 1.807) is 6.19 Å². The van der Waals surface area contributed by atoms with Gasteiger partial charge in [0.2, 0.25) is 0 Å². The van der Waals surface area contributed by atoms with Gasteiger partial charge >= 0.3 is 7.32 Å². The summed E-state index contributed by atoms with van der Waals surface area (Å²) in [5.74, 6) is 0. The first-order valence-corrected chi connectivity index (χ1v) is 4.62. The minimum Gasteiger partial charge on any atom is -0.402 e. The number of rotatable bonds is 6. The summed E-state index contributed by atoms with van der Waals surface area (Å²) < 4.78 is 9.74. The van der Waals surface area contributed by atoms with Crippen LogP contribution in [0, 0.1) is 16.9 Å². The van der Waals surface area contributed by atoms with Gasteiger partial charge in [-0.2, -0.15) is 5.26 Å². The Morgan fingerprint density at radius 2 is 2.13 bits per heavy atom. The van der Waals surface area contributed by atoms with Crippen molar-refractivity contribution in [1.29, 1.82) is 5.26 Å². The van der Waals surface area contributed by atoms with Gasteiger partial charge in [-0.15, -0.1) is 0 Å². The standard InChI is InChI=1S/C8H17BN2O4/c1-8(2,3)7(11-6-10)15-9(13)14-5-4-12/h7,11-13H,4-5H2,1-3H3. The molecule has 3 N–H and O–H groups in total. The molecule has 0 radical (unpaired) electrons. The van der Waals surface area contributed by atoms with Gasteiger partial charge in [0.1, 0.15) is 6.23 Å². The van der Waals surface area contributed by atoms with Crippen LogP contribution in [-0.4, -0.2) is 36.9 Å². The molecular weight excluding hydrogens is 199 g/mol. The molecule has 0 aliphatic rings. The molecule has 6 nitrogen and oxygen atoms in total. The van der Waals surface area contributed by atoms with Gasteiger partial charge in [0.25, 0.3) is 0 Å². The predicted molar refractivity (Wildman–Crippen MR) is 54.1 cm³/mol. The van der Waals surface area contributed by atoms with Crippen molar-refractivity contribution in [2.45, 2.75) is 27.0 Å². The number of hydrogen-bond donors (Lipinski definition) is 3. The fourth-order valence-electron chi connectivity index (χ4n) is 0.822. The molecule has 86 valence electrons. The fraction of sp³-hybridized carbons (Fsp3) is 0.875. The average Bonchev–Trinajstić information content (AvgIpc) is 2.12. The first-order chi connectivity index (χ1) is 6.91. The molecule has 0 spiro atoms. The smallest absolute Gasteiger partial charge is 0.402 e. The molecule has 1 atom stereocenters. The van der Waals surface area contributed by atoms with Gasteiger partial charge in [-0.1, -0.05) is 20.8 Å². The van der Waals surface area contributed by atoms with Gasteiger partial charge in [0.05, 0.1) is 13.2 Å². The van der Waals surface area contributed by atoms with Crippen LogP contribution >= 0.6 is 0 Å². The van der Waals surface area contributed by atoms with Crippen LogP contribution in [-0.2, 0) is 9.31 Å². The molecule has 0 saturated heterocycles. The maximum Gasteiger partial charge on any atom is 0.638 e. The van der Waals surface area contributed by atoms with Crippen molar-refractivity contribution in [2.75, 3.05) is 13.2 Å². The van der Waals surface area contributed by atoms with Crippen molar-refractivity contribution >= 4 is 7.32 Å². The monoisotopic (exact) mass is 216 g/mol. The van der Waals surface area contributed by atoms with E-state index in [0.29, 0.717) is 0 Å². The van der Waals surface area contributed by atoms with Gasteiger partial charge in [-0.25, -0.2) is 0 Å². The first kappa shape index (κ1) is 14.2. The van der Waals surface area contributed by atoms with E-state index in [0.717, 1.165) is 0 Å². The molecule has 15 heavy (non-hydrogen) atoms. The Labute approximate surface area is 90.0 Å². The number of aliphatic hydroxyl groups excluding tert-OH is 1. The summed E-state index contributed by atoms with van der Waals surface area (Å²) in [7, 11) is -1.46. The molecule has 1 unspecified atom stereocenters. The van der Waals surface area contributed by atoms with Gasteiger partial charge in [-0.05, 0) is 0 Å². The van der Waals surface area contributed by atoms with E-state index in [-0.39, 0.29) is 18.6 Å². The Morgan fingerprint density at radius 1 is 1.53 bits per heavy atom. The second-order valence-electron chi connectivity index (χ2n) is 4.04. The highest BCUT2D eigenvalue weighted by Gasteiger charge is 2.30. The zero-order valence-electron chi connectivity index (χ0n) is 9.23. The van der Waals surface area contributed by atoms with Gasteiger partial charge < -0.3 is 19.4 Å². The highest BCUT2D eigenvalue weighted by atomic mass is 16.7. The molecule has 0 aliphatic heterocycles. The Kier molecular flexibility index (Phi) is 6.28. The summed E-state index contributed by atoms with van der Waals surface area (Å²) in [6.45, 7) is 5.32. The molecule has 0 fully saturated rings. The normalized spacial score (nSPS) is 13.1. The molecule has 0 aromatic rings. The lowest BCUT2D eigenvalue weighted by Gasteiger charge is -2.29. The highest BCUT2D eigenvalue weighted by Crippen LogP contribution is 2.20. The van der Waals surface area contributed by atoms with Gasteiger partial charge in [-0.3, -0.25) is 5.32 Å². The van der Waals surface area contributed by atoms with Crippen molar-refractivity contribution in [3.63, 3.8) is 0 Å². The second kappa shape index (κ2) is 6.64. The molecule has 0 bridgehead atoms.